The van der Waals surface area contributed by atoms with Crippen LogP contribution in [-0.2, 0) is 33.8 Å². The zero-order valence-corrected chi connectivity index (χ0v) is 23.2. The maximum Gasteiger partial charge on any atom is 0.317 e. The standard InChI is InChI=1S/C27H35N5O6.ClH/c1-15(2)23(30-14-22(33)34)25(35)32-27(11-18-9-20(37-3)21(38-4)10-19(18)12-27)26(36)31-13-16-5-7-17(8-6-16)24(28)29;/h5-10,15,23,30H,11-14H2,1-4H3,(H3,28,29)(H,31,36)(H,32,35)(H,33,34);1H/t23-;/m1./s1. The van der Waals surface area contributed by atoms with Crippen molar-refractivity contribution in [3.8, 4) is 11.5 Å². The quantitative estimate of drug-likeness (QED) is 0.166. The number of hydrogen-bond acceptors (Lipinski definition) is 7. The number of amides is 2. The number of hydrogen-bond donors (Lipinski definition) is 6. The Kier molecular flexibility index (Phi) is 10.7. The van der Waals surface area contributed by atoms with Gasteiger partial charge in [-0.05, 0) is 34.7 Å². The molecule has 1 aliphatic carbocycles. The highest BCUT2D eigenvalue weighted by Crippen LogP contribution is 2.38. The van der Waals surface area contributed by atoms with Gasteiger partial charge in [0.05, 0.1) is 26.8 Å². The average Bonchev–Trinajstić information content (AvgIpc) is 3.24. The molecule has 2 aromatic carbocycles. The van der Waals surface area contributed by atoms with Crippen LogP contribution in [0.3, 0.4) is 0 Å². The lowest BCUT2D eigenvalue weighted by molar-refractivity contribution is -0.137. The number of carbonyl (C=O) groups excluding carboxylic acids is 2. The molecule has 0 fully saturated rings. The number of nitrogens with two attached hydrogens (primary N) is 1. The van der Waals surface area contributed by atoms with E-state index in [1.807, 2.05) is 0 Å². The number of nitrogens with one attached hydrogen (secondary N) is 4. The number of halogens is 1. The molecule has 0 saturated heterocycles. The molecule has 3 rings (SSSR count). The number of nitrogen functional groups attached to an aromatic ring is 1. The lowest BCUT2D eigenvalue weighted by Crippen LogP contribution is -2.63. The Bertz CT molecular complexity index is 1180. The van der Waals surface area contributed by atoms with Gasteiger partial charge in [-0.25, -0.2) is 0 Å². The summed E-state index contributed by atoms with van der Waals surface area (Å²) in [7, 11) is 3.05. The minimum Gasteiger partial charge on any atom is -0.493 e. The maximum absolute atomic E-state index is 13.7. The third kappa shape index (κ3) is 7.39. The summed E-state index contributed by atoms with van der Waals surface area (Å²) in [6.45, 7) is 3.41. The molecule has 0 aliphatic heterocycles. The Morgan fingerprint density at radius 3 is 2.03 bits per heavy atom. The van der Waals surface area contributed by atoms with Gasteiger partial charge >= 0.3 is 5.97 Å². The molecule has 2 amide bonds. The summed E-state index contributed by atoms with van der Waals surface area (Å²) < 4.78 is 10.8. The number of carboxylic acids is 1. The number of carbonyl (C=O) groups is 3. The molecule has 7 N–H and O–H groups in total. The SMILES string of the molecule is COc1cc2c(cc1OC)CC(NC(=O)[C@H](NCC(=O)O)C(C)C)(C(=O)NCc1ccc(C(=N)N)cc1)C2.Cl. The van der Waals surface area contributed by atoms with E-state index in [0.717, 1.165) is 16.7 Å². The molecular weight excluding hydrogens is 526 g/mol. The fraction of sp³-hybridized carbons (Fsp3) is 0.407. The van der Waals surface area contributed by atoms with Crippen LogP contribution in [0.2, 0.25) is 0 Å². The van der Waals surface area contributed by atoms with Crippen molar-refractivity contribution in [1.82, 2.24) is 16.0 Å². The van der Waals surface area contributed by atoms with E-state index in [1.165, 1.54) is 14.2 Å². The topological polar surface area (TPSA) is 176 Å². The molecule has 0 saturated carbocycles. The third-order valence-corrected chi connectivity index (χ3v) is 6.63. The first-order valence-corrected chi connectivity index (χ1v) is 12.2. The van der Waals surface area contributed by atoms with E-state index in [4.69, 9.17) is 25.7 Å². The lowest BCUT2D eigenvalue weighted by Gasteiger charge is -2.32. The van der Waals surface area contributed by atoms with Crippen LogP contribution in [0.4, 0.5) is 0 Å². The number of ether oxygens (including phenoxy) is 2. The molecule has 0 unspecified atom stereocenters. The van der Waals surface area contributed by atoms with Gasteiger partial charge < -0.3 is 30.9 Å². The van der Waals surface area contributed by atoms with Gasteiger partial charge in [0.1, 0.15) is 11.4 Å². The lowest BCUT2D eigenvalue weighted by atomic mass is 9.92. The number of benzene rings is 2. The predicted molar refractivity (Wildman–Crippen MR) is 149 cm³/mol. The first kappa shape index (κ1) is 31.4. The second-order valence-electron chi connectivity index (χ2n) is 9.69. The summed E-state index contributed by atoms with van der Waals surface area (Å²) in [6.07, 6.45) is 0.431. The molecule has 0 aromatic heterocycles. The summed E-state index contributed by atoms with van der Waals surface area (Å²) in [6, 6.07) is 9.73. The summed E-state index contributed by atoms with van der Waals surface area (Å²) >= 11 is 0. The molecule has 2 aromatic rings. The molecule has 11 nitrogen and oxygen atoms in total. The third-order valence-electron chi connectivity index (χ3n) is 6.63. The normalized spacial score (nSPS) is 14.0. The van der Waals surface area contributed by atoms with Crippen molar-refractivity contribution >= 4 is 36.0 Å². The molecule has 212 valence electrons. The van der Waals surface area contributed by atoms with Gasteiger partial charge in [-0.1, -0.05) is 38.1 Å². The highest BCUT2D eigenvalue weighted by molar-refractivity contribution is 5.95. The van der Waals surface area contributed by atoms with Crippen molar-refractivity contribution in [2.45, 2.75) is 44.8 Å². The Morgan fingerprint density at radius 1 is 1.05 bits per heavy atom. The molecule has 0 heterocycles. The number of aliphatic carboxylic acids is 1. The summed E-state index contributed by atoms with van der Waals surface area (Å²) in [5.74, 6) is -1.17. The van der Waals surface area contributed by atoms with Crippen LogP contribution in [0.5, 0.6) is 11.5 Å². The van der Waals surface area contributed by atoms with Gasteiger partial charge in [-0.3, -0.25) is 25.1 Å². The smallest absolute Gasteiger partial charge is 0.317 e. The second kappa shape index (κ2) is 13.3. The Morgan fingerprint density at radius 2 is 1.59 bits per heavy atom. The monoisotopic (exact) mass is 561 g/mol. The van der Waals surface area contributed by atoms with E-state index in [-0.39, 0.29) is 56.0 Å². The number of carboxylic acid groups (broad SMARTS) is 1. The van der Waals surface area contributed by atoms with Crippen molar-refractivity contribution < 1.29 is 29.0 Å². The average molecular weight is 562 g/mol. The van der Waals surface area contributed by atoms with Crippen LogP contribution in [0.1, 0.15) is 36.1 Å². The van der Waals surface area contributed by atoms with Gasteiger partial charge in [-0.15, -0.1) is 12.4 Å². The van der Waals surface area contributed by atoms with Crippen LogP contribution < -0.4 is 31.2 Å². The fourth-order valence-electron chi connectivity index (χ4n) is 4.61. The van der Waals surface area contributed by atoms with E-state index in [0.29, 0.717) is 17.1 Å². The summed E-state index contributed by atoms with van der Waals surface area (Å²) in [4.78, 5) is 38.2. The van der Waals surface area contributed by atoms with Gasteiger partial charge in [-0.2, -0.15) is 0 Å². The highest BCUT2D eigenvalue weighted by atomic mass is 35.5. The van der Waals surface area contributed by atoms with Crippen LogP contribution in [0.15, 0.2) is 36.4 Å². The van der Waals surface area contributed by atoms with Gasteiger partial charge in [0, 0.05) is 24.9 Å². The Balaban J connectivity index is 0.00000533. The van der Waals surface area contributed by atoms with Crippen LogP contribution >= 0.6 is 12.4 Å². The highest BCUT2D eigenvalue weighted by Gasteiger charge is 2.46. The minimum atomic E-state index is -1.31. The van der Waals surface area contributed by atoms with E-state index in [9.17, 15) is 14.4 Å². The van der Waals surface area contributed by atoms with Gasteiger partial charge in [0.15, 0.2) is 11.5 Å². The summed E-state index contributed by atoms with van der Waals surface area (Å²) in [5, 5.41) is 25.3. The number of methoxy groups -OCH3 is 2. The van der Waals surface area contributed by atoms with Crippen molar-refractivity contribution in [2.24, 2.45) is 11.7 Å². The molecular formula is C27H36ClN5O6. The second-order valence-corrected chi connectivity index (χ2v) is 9.69. The van der Waals surface area contributed by atoms with Crippen molar-refractivity contribution in [1.29, 1.82) is 5.41 Å². The largest absolute Gasteiger partial charge is 0.493 e. The molecule has 0 radical (unpaired) electrons. The van der Waals surface area contributed by atoms with E-state index in [1.54, 1.807) is 50.2 Å². The summed E-state index contributed by atoms with van der Waals surface area (Å²) in [5.41, 5.74) is 7.25. The molecule has 12 heteroatoms. The minimum absolute atomic E-state index is 0. The molecule has 1 atom stereocenters. The fourth-order valence-corrected chi connectivity index (χ4v) is 4.61. The maximum atomic E-state index is 13.7. The Hall–Kier alpha value is -3.83. The number of rotatable bonds is 12. The first-order valence-electron chi connectivity index (χ1n) is 12.2. The molecule has 1 aliphatic rings. The van der Waals surface area contributed by atoms with E-state index >= 15 is 0 Å². The van der Waals surface area contributed by atoms with Gasteiger partial charge in [0.2, 0.25) is 11.8 Å². The zero-order chi connectivity index (χ0) is 28.0. The predicted octanol–water partition coefficient (Wildman–Crippen LogP) is 1.38. The zero-order valence-electron chi connectivity index (χ0n) is 22.4. The Labute approximate surface area is 233 Å². The van der Waals surface area contributed by atoms with Crippen molar-refractivity contribution in [3.63, 3.8) is 0 Å². The number of amidine groups is 1. The number of fused-ring (bicyclic) bond motifs is 1. The van der Waals surface area contributed by atoms with E-state index in [2.05, 4.69) is 16.0 Å². The first-order chi connectivity index (χ1) is 18.0. The van der Waals surface area contributed by atoms with Crippen LogP contribution in [0, 0.1) is 11.3 Å². The molecule has 39 heavy (non-hydrogen) atoms. The van der Waals surface area contributed by atoms with Crippen LogP contribution in [0.25, 0.3) is 0 Å². The van der Waals surface area contributed by atoms with Gasteiger partial charge in [0.25, 0.3) is 0 Å². The van der Waals surface area contributed by atoms with E-state index < -0.39 is 23.5 Å². The molecule has 0 bridgehead atoms. The van der Waals surface area contributed by atoms with Crippen molar-refractivity contribution in [3.05, 3.63) is 58.7 Å². The van der Waals surface area contributed by atoms with Crippen molar-refractivity contribution in [2.75, 3.05) is 20.8 Å². The molecule has 0 spiro atoms. The van der Waals surface area contributed by atoms with Crippen LogP contribution in [-0.4, -0.2) is 61.1 Å².